The van der Waals surface area contributed by atoms with Gasteiger partial charge in [0.15, 0.2) is 5.65 Å². The molecule has 1 aliphatic carbocycles. The third-order valence-electron chi connectivity index (χ3n) is 4.72. The predicted molar refractivity (Wildman–Crippen MR) is 92.3 cm³/mol. The Morgan fingerprint density at radius 2 is 2.12 bits per heavy atom. The van der Waals surface area contributed by atoms with Crippen molar-refractivity contribution in [3.05, 3.63) is 48.4 Å². The number of hydrogen-bond donors (Lipinski definition) is 2. The topological polar surface area (TPSA) is 85.3 Å². The largest absolute Gasteiger partial charge is 0.369 e. The molecule has 1 amide bonds. The van der Waals surface area contributed by atoms with E-state index in [0.717, 1.165) is 19.3 Å². The molecule has 1 saturated carbocycles. The molecule has 2 heterocycles. The highest BCUT2D eigenvalue weighted by molar-refractivity contribution is 5.78. The third-order valence-corrected chi connectivity index (χ3v) is 4.72. The number of aromatic nitrogens is 3. The Morgan fingerprint density at radius 1 is 1.28 bits per heavy atom. The predicted octanol–water partition coefficient (Wildman–Crippen LogP) is 2.60. The van der Waals surface area contributed by atoms with Gasteiger partial charge in [0.25, 0.3) is 0 Å². The number of carbonyl (C=O) groups excluding carboxylic acids is 1. The van der Waals surface area contributed by atoms with Crippen LogP contribution in [0.25, 0.3) is 16.9 Å². The summed E-state index contributed by atoms with van der Waals surface area (Å²) < 4.78 is 15.8. The number of fused-ring (bicyclic) bond motifs is 1. The number of nitrogens with zero attached hydrogens (tertiary/aromatic N) is 3. The molecule has 4 rings (SSSR count). The van der Waals surface area contributed by atoms with Crippen molar-refractivity contribution < 1.29 is 9.18 Å². The summed E-state index contributed by atoms with van der Waals surface area (Å²) in [6, 6.07) is 9.98. The normalized spacial score (nSPS) is 20.0. The first kappa shape index (κ1) is 15.6. The molecule has 0 bridgehead atoms. The highest BCUT2D eigenvalue weighted by atomic mass is 19.1. The molecule has 2 atom stereocenters. The molecule has 3 aromatic rings. The van der Waals surface area contributed by atoms with Crippen LogP contribution in [0, 0.1) is 11.7 Å². The summed E-state index contributed by atoms with van der Waals surface area (Å²) in [5, 5.41) is 7.64. The van der Waals surface area contributed by atoms with Crippen molar-refractivity contribution in [2.45, 2.75) is 25.3 Å². The smallest absolute Gasteiger partial charge is 0.222 e. The van der Waals surface area contributed by atoms with Crippen molar-refractivity contribution in [3.63, 3.8) is 0 Å². The molecule has 1 aromatic carbocycles. The molecule has 0 unspecified atom stereocenters. The number of primary amides is 1. The van der Waals surface area contributed by atoms with Gasteiger partial charge in [-0.2, -0.15) is 9.61 Å². The second kappa shape index (κ2) is 6.16. The highest BCUT2D eigenvalue weighted by Gasteiger charge is 2.32. The number of nitrogens with one attached hydrogen (secondary N) is 1. The van der Waals surface area contributed by atoms with E-state index >= 15 is 0 Å². The summed E-state index contributed by atoms with van der Waals surface area (Å²) in [7, 11) is 0. The summed E-state index contributed by atoms with van der Waals surface area (Å²) in [5.74, 6) is -0.169. The van der Waals surface area contributed by atoms with Crippen LogP contribution in [0.15, 0.2) is 42.6 Å². The molecule has 1 fully saturated rings. The zero-order valence-electron chi connectivity index (χ0n) is 13.5. The lowest BCUT2D eigenvalue weighted by Gasteiger charge is -2.20. The Labute approximate surface area is 143 Å². The van der Waals surface area contributed by atoms with Gasteiger partial charge in [-0.3, -0.25) is 4.79 Å². The van der Waals surface area contributed by atoms with E-state index in [0.29, 0.717) is 22.7 Å². The van der Waals surface area contributed by atoms with E-state index in [-0.39, 0.29) is 23.7 Å². The Bertz CT molecular complexity index is 938. The zero-order chi connectivity index (χ0) is 17.4. The number of hydrogen-bond acceptors (Lipinski definition) is 4. The molecular formula is C18H18FN5O. The van der Waals surface area contributed by atoms with Crippen molar-refractivity contribution in [2.24, 2.45) is 11.7 Å². The van der Waals surface area contributed by atoms with Gasteiger partial charge in [-0.15, -0.1) is 0 Å². The fourth-order valence-corrected chi connectivity index (χ4v) is 3.49. The molecule has 128 valence electrons. The maximum absolute atomic E-state index is 14.2. The summed E-state index contributed by atoms with van der Waals surface area (Å²) in [4.78, 5) is 16.1. The van der Waals surface area contributed by atoms with E-state index < -0.39 is 0 Å². The van der Waals surface area contributed by atoms with Gasteiger partial charge < -0.3 is 11.1 Å². The average molecular weight is 339 g/mol. The van der Waals surface area contributed by atoms with Gasteiger partial charge in [0, 0.05) is 23.7 Å². The van der Waals surface area contributed by atoms with E-state index in [1.165, 1.54) is 6.07 Å². The van der Waals surface area contributed by atoms with E-state index in [4.69, 9.17) is 5.73 Å². The first-order valence-corrected chi connectivity index (χ1v) is 8.29. The first-order chi connectivity index (χ1) is 12.1. The fourth-order valence-electron chi connectivity index (χ4n) is 3.49. The number of anilines is 1. The van der Waals surface area contributed by atoms with Gasteiger partial charge in [-0.1, -0.05) is 18.6 Å². The number of halogens is 1. The van der Waals surface area contributed by atoms with Crippen molar-refractivity contribution in [2.75, 3.05) is 5.32 Å². The highest BCUT2D eigenvalue weighted by Crippen LogP contribution is 2.30. The van der Waals surface area contributed by atoms with Crippen LogP contribution in [0.1, 0.15) is 19.3 Å². The maximum atomic E-state index is 14.2. The lowest BCUT2D eigenvalue weighted by molar-refractivity contribution is -0.121. The maximum Gasteiger partial charge on any atom is 0.222 e. The number of rotatable bonds is 4. The van der Waals surface area contributed by atoms with Crippen LogP contribution < -0.4 is 11.1 Å². The average Bonchev–Trinajstić information content (AvgIpc) is 3.24. The minimum atomic E-state index is -0.333. The van der Waals surface area contributed by atoms with Gasteiger partial charge in [-0.05, 0) is 25.0 Å². The minimum Gasteiger partial charge on any atom is -0.369 e. The second-order valence-electron chi connectivity index (χ2n) is 6.30. The number of nitrogens with two attached hydrogens (primary N) is 1. The van der Waals surface area contributed by atoms with E-state index in [1.807, 2.05) is 0 Å². The molecule has 0 aliphatic heterocycles. The van der Waals surface area contributed by atoms with Gasteiger partial charge in [0.05, 0.1) is 17.8 Å². The van der Waals surface area contributed by atoms with Crippen LogP contribution in [-0.4, -0.2) is 26.5 Å². The summed E-state index contributed by atoms with van der Waals surface area (Å²) in [6.07, 6.45) is 4.21. The minimum absolute atomic E-state index is 0.0548. The lowest BCUT2D eigenvalue weighted by Crippen LogP contribution is -2.34. The fraction of sp³-hybridized carbons (Fsp3) is 0.278. The van der Waals surface area contributed by atoms with Crippen molar-refractivity contribution in [3.8, 4) is 11.3 Å². The quantitative estimate of drug-likeness (QED) is 0.765. The summed E-state index contributed by atoms with van der Waals surface area (Å²) in [6.45, 7) is 0. The van der Waals surface area contributed by atoms with E-state index in [2.05, 4.69) is 15.4 Å². The molecule has 0 spiro atoms. The summed E-state index contributed by atoms with van der Waals surface area (Å²) >= 11 is 0. The molecule has 7 heteroatoms. The van der Waals surface area contributed by atoms with Crippen molar-refractivity contribution >= 4 is 17.4 Å². The van der Waals surface area contributed by atoms with Gasteiger partial charge in [0.1, 0.15) is 11.6 Å². The number of carbonyl (C=O) groups is 1. The Balaban J connectivity index is 1.77. The molecular weight excluding hydrogens is 321 g/mol. The first-order valence-electron chi connectivity index (χ1n) is 8.29. The SMILES string of the molecule is NC(=O)[C@@H]1CCC[C@@H]1Nc1cc(-c2ccccc2F)nc2ccnn12. The van der Waals surface area contributed by atoms with Gasteiger partial charge in [0.2, 0.25) is 5.91 Å². The monoisotopic (exact) mass is 339 g/mol. The molecule has 0 radical (unpaired) electrons. The molecule has 1 aliphatic rings. The molecule has 0 saturated heterocycles. The van der Waals surface area contributed by atoms with Crippen molar-refractivity contribution in [1.82, 2.24) is 14.6 Å². The van der Waals surface area contributed by atoms with Crippen LogP contribution in [-0.2, 0) is 4.79 Å². The molecule has 6 nitrogen and oxygen atoms in total. The standard InChI is InChI=1S/C18H18FN5O/c19-13-6-2-1-4-11(13)15-10-17(24-16(23-15)8-9-21-24)22-14-7-3-5-12(14)18(20)25/h1-2,4,6,8-10,12,14,22H,3,5,7H2,(H2,20,25)/t12-,14+/m1/s1. The van der Waals surface area contributed by atoms with Crippen LogP contribution in [0.4, 0.5) is 10.2 Å². The van der Waals surface area contributed by atoms with Crippen LogP contribution in [0.3, 0.4) is 0 Å². The Morgan fingerprint density at radius 3 is 2.92 bits per heavy atom. The Kier molecular flexibility index (Phi) is 3.83. The lowest BCUT2D eigenvalue weighted by atomic mass is 10.0. The summed E-state index contributed by atoms with van der Waals surface area (Å²) in [5.41, 5.74) is 7.06. The number of amides is 1. The molecule has 25 heavy (non-hydrogen) atoms. The second-order valence-corrected chi connectivity index (χ2v) is 6.30. The molecule has 3 N–H and O–H groups in total. The third kappa shape index (κ3) is 2.82. The number of benzene rings is 1. The van der Waals surface area contributed by atoms with Gasteiger partial charge >= 0.3 is 0 Å². The van der Waals surface area contributed by atoms with Crippen LogP contribution >= 0.6 is 0 Å². The van der Waals surface area contributed by atoms with Gasteiger partial charge in [-0.25, -0.2) is 9.37 Å². The van der Waals surface area contributed by atoms with E-state index in [9.17, 15) is 9.18 Å². The van der Waals surface area contributed by atoms with E-state index in [1.54, 1.807) is 41.0 Å². The van der Waals surface area contributed by atoms with Crippen molar-refractivity contribution in [1.29, 1.82) is 0 Å². The Hall–Kier alpha value is -2.96. The van der Waals surface area contributed by atoms with Crippen LogP contribution in [0.2, 0.25) is 0 Å². The zero-order valence-corrected chi connectivity index (χ0v) is 13.5. The van der Waals surface area contributed by atoms with Crippen LogP contribution in [0.5, 0.6) is 0 Å². The molecule has 2 aromatic heterocycles.